The smallest absolute Gasteiger partial charge is 0.196 e. The summed E-state index contributed by atoms with van der Waals surface area (Å²) in [6, 6.07) is 11.5. The number of aromatic hydroxyl groups is 6. The highest BCUT2D eigenvalue weighted by atomic mass is 16.3. The predicted molar refractivity (Wildman–Crippen MR) is 206 cm³/mol. The van der Waals surface area contributed by atoms with Crippen molar-refractivity contribution in [1.82, 2.24) is 9.13 Å². The minimum atomic E-state index is -0.382. The van der Waals surface area contributed by atoms with Crippen molar-refractivity contribution in [1.29, 1.82) is 0 Å². The Morgan fingerprint density at radius 2 is 1.22 bits per heavy atom. The first-order valence-electron chi connectivity index (χ1n) is 16.9. The molecule has 2 aromatic heterocycles. The molecule has 1 aliphatic carbocycles. The summed E-state index contributed by atoms with van der Waals surface area (Å²) in [6.07, 6.45) is 5.65. The van der Waals surface area contributed by atoms with Crippen molar-refractivity contribution in [3.63, 3.8) is 0 Å². The molecule has 5 aromatic carbocycles. The van der Waals surface area contributed by atoms with E-state index in [9.17, 15) is 30.6 Å². The fourth-order valence-corrected chi connectivity index (χ4v) is 8.61. The van der Waals surface area contributed by atoms with Gasteiger partial charge in [-0.25, -0.2) is 0 Å². The second-order valence-electron chi connectivity index (χ2n) is 13.9. The molecule has 0 saturated heterocycles. The molecule has 2 aliphatic rings. The number of hydrogen-bond acceptors (Lipinski definition) is 6. The Morgan fingerprint density at radius 1 is 0.569 bits per heavy atom. The summed E-state index contributed by atoms with van der Waals surface area (Å²) < 4.78 is 3.57. The summed E-state index contributed by atoms with van der Waals surface area (Å²) in [4.78, 5) is 0. The quantitative estimate of drug-likeness (QED) is 0.0967. The van der Waals surface area contributed by atoms with Gasteiger partial charge in [0, 0.05) is 49.5 Å². The summed E-state index contributed by atoms with van der Waals surface area (Å²) >= 11 is 0. The van der Waals surface area contributed by atoms with Gasteiger partial charge in [-0.2, -0.15) is 0 Å². The Kier molecular flexibility index (Phi) is 6.30. The number of benzene rings is 5. The first-order valence-corrected chi connectivity index (χ1v) is 16.9. The van der Waals surface area contributed by atoms with Crippen molar-refractivity contribution in [2.45, 2.75) is 47.5 Å². The van der Waals surface area contributed by atoms with E-state index in [2.05, 4.69) is 12.2 Å². The van der Waals surface area contributed by atoms with E-state index in [1.54, 1.807) is 49.8 Å². The topological polar surface area (TPSA) is 131 Å². The van der Waals surface area contributed by atoms with Crippen LogP contribution in [0.1, 0.15) is 46.2 Å². The first kappa shape index (κ1) is 31.1. The van der Waals surface area contributed by atoms with E-state index in [0.29, 0.717) is 88.9 Å². The van der Waals surface area contributed by atoms with Crippen LogP contribution >= 0.6 is 0 Å². The Labute approximate surface area is 295 Å². The average Bonchev–Trinajstić information content (AvgIpc) is 3.65. The van der Waals surface area contributed by atoms with Gasteiger partial charge in [-0.3, -0.25) is 0 Å². The van der Waals surface area contributed by atoms with Gasteiger partial charge in [0.15, 0.2) is 18.8 Å². The zero-order valence-electron chi connectivity index (χ0n) is 28.8. The highest BCUT2D eigenvalue weighted by molar-refractivity contribution is 6.74. The van der Waals surface area contributed by atoms with Crippen LogP contribution in [0.15, 0.2) is 48.6 Å². The molecule has 1 aliphatic heterocycles. The standard InChI is InChI=1S/C41H33B2N2O6/c1-16-15-23(42)26-25-17(2)37(47)19(4)30-31(25)45(32(26)36(16)46)35-28-27-29(43-30)18(3)40(50)41(51)33(27)44(34(28)38(48)20(5)39(35)49)24-14-10-9-13-22(24)21-11-7-6-8-12-21/h6-8,11-15,46-51H,9-10H2,1-5H3. The van der Waals surface area contributed by atoms with Crippen molar-refractivity contribution in [2.75, 3.05) is 0 Å². The van der Waals surface area contributed by atoms with Crippen molar-refractivity contribution in [3.05, 3.63) is 81.9 Å². The zero-order chi connectivity index (χ0) is 35.9. The second-order valence-corrected chi connectivity index (χ2v) is 13.9. The van der Waals surface area contributed by atoms with Crippen molar-refractivity contribution >= 4 is 86.4 Å². The molecule has 0 amide bonds. The van der Waals surface area contributed by atoms with Gasteiger partial charge < -0.3 is 39.8 Å². The van der Waals surface area contributed by atoms with Crippen LogP contribution in [0.5, 0.6) is 34.5 Å². The van der Waals surface area contributed by atoms with Crippen molar-refractivity contribution in [2.24, 2.45) is 0 Å². The molecule has 8 nitrogen and oxygen atoms in total. The Balaban J connectivity index is 1.62. The molecule has 0 unspecified atom stereocenters. The number of nitrogens with zero attached hydrogens (tertiary/aromatic N) is 2. The Morgan fingerprint density at radius 3 is 1.94 bits per heavy atom. The van der Waals surface area contributed by atoms with Crippen LogP contribution in [-0.2, 0) is 0 Å². The fraction of sp³-hybridized carbons (Fsp3) is 0.171. The largest absolute Gasteiger partial charge is 0.507 e. The molecule has 0 atom stereocenters. The average molecular weight is 671 g/mol. The fourth-order valence-electron chi connectivity index (χ4n) is 8.61. The zero-order valence-corrected chi connectivity index (χ0v) is 28.8. The lowest BCUT2D eigenvalue weighted by atomic mass is 9.58. The lowest BCUT2D eigenvalue weighted by Gasteiger charge is -2.23. The van der Waals surface area contributed by atoms with Gasteiger partial charge in [0.2, 0.25) is 0 Å². The molecule has 0 spiro atoms. The lowest BCUT2D eigenvalue weighted by molar-refractivity contribution is 0.405. The number of aryl methyl sites for hydroxylation is 2. The maximum absolute atomic E-state index is 12.3. The third kappa shape index (κ3) is 3.71. The molecule has 10 heteroatoms. The van der Waals surface area contributed by atoms with Crippen LogP contribution in [0.3, 0.4) is 0 Å². The number of rotatable bonds is 2. The normalized spacial score (nSPS) is 14.0. The molecule has 249 valence electrons. The summed E-state index contributed by atoms with van der Waals surface area (Å²) in [7, 11) is 8.62. The molecule has 0 fully saturated rings. The minimum absolute atomic E-state index is 0.0452. The van der Waals surface area contributed by atoms with E-state index in [0.717, 1.165) is 17.6 Å². The first-order chi connectivity index (χ1) is 24.4. The monoisotopic (exact) mass is 671 g/mol. The highest BCUT2D eigenvalue weighted by Gasteiger charge is 2.37. The van der Waals surface area contributed by atoms with Crippen LogP contribution in [0.25, 0.3) is 60.6 Å². The van der Waals surface area contributed by atoms with Crippen LogP contribution in [0, 0.1) is 34.6 Å². The molecule has 3 heterocycles. The van der Waals surface area contributed by atoms with Gasteiger partial charge in [-0.05, 0) is 69.7 Å². The molecule has 7 aromatic rings. The van der Waals surface area contributed by atoms with Gasteiger partial charge in [-0.15, -0.1) is 0 Å². The maximum Gasteiger partial charge on any atom is 0.196 e. The lowest BCUT2D eigenvalue weighted by Crippen LogP contribution is -2.34. The Hall–Kier alpha value is -5.89. The summed E-state index contributed by atoms with van der Waals surface area (Å²) in [6.45, 7) is 8.67. The molecule has 3 radical (unpaired) electrons. The minimum Gasteiger partial charge on any atom is -0.507 e. The van der Waals surface area contributed by atoms with Gasteiger partial charge in [0.05, 0.1) is 22.2 Å². The molecule has 0 saturated carbocycles. The summed E-state index contributed by atoms with van der Waals surface area (Å²) in [5, 5.41) is 73.6. The molecule has 51 heavy (non-hydrogen) atoms. The van der Waals surface area contributed by atoms with Gasteiger partial charge >= 0.3 is 0 Å². The molecular weight excluding hydrogens is 638 g/mol. The van der Waals surface area contributed by atoms with E-state index in [1.165, 1.54) is 0 Å². The van der Waals surface area contributed by atoms with Crippen LogP contribution in [0.2, 0.25) is 0 Å². The van der Waals surface area contributed by atoms with Gasteiger partial charge in [-0.1, -0.05) is 64.9 Å². The summed E-state index contributed by atoms with van der Waals surface area (Å²) in [5.41, 5.74) is 7.86. The van der Waals surface area contributed by atoms with E-state index in [-0.39, 0.29) is 51.3 Å². The third-order valence-corrected chi connectivity index (χ3v) is 11.2. The SMILES string of the molecule is [B]c1cc(C)c(O)c2c1c1c(C)c(O)c(C)c3c1n2-c1c(O)c(C)c(O)c2c1c1c(c(C)c(O)c(O)c1n2C1=CCCC=C1c1ccccc1)[B]3. The van der Waals surface area contributed by atoms with E-state index in [4.69, 9.17) is 7.85 Å². The van der Waals surface area contributed by atoms with Crippen LogP contribution in [0.4, 0.5) is 0 Å². The van der Waals surface area contributed by atoms with E-state index in [1.807, 2.05) is 37.6 Å². The number of aromatic nitrogens is 2. The van der Waals surface area contributed by atoms with Crippen LogP contribution < -0.4 is 16.4 Å². The van der Waals surface area contributed by atoms with E-state index < -0.39 is 0 Å². The second kappa shape index (κ2) is 10.3. The maximum atomic E-state index is 12.3. The van der Waals surface area contributed by atoms with Gasteiger partial charge in [0.25, 0.3) is 0 Å². The number of hydrogen-bond donors (Lipinski definition) is 6. The van der Waals surface area contributed by atoms with E-state index >= 15 is 0 Å². The molecule has 6 N–H and O–H groups in total. The Bertz CT molecular complexity index is 2840. The number of phenolic OH excluding ortho intramolecular Hbond substituents is 6. The predicted octanol–water partition coefficient (Wildman–Crippen LogP) is 6.15. The third-order valence-electron chi connectivity index (χ3n) is 11.2. The highest BCUT2D eigenvalue weighted by Crippen LogP contribution is 2.54. The number of allylic oxidation sites excluding steroid dienone is 4. The van der Waals surface area contributed by atoms with Gasteiger partial charge in [0.1, 0.15) is 30.8 Å². The number of fused-ring (bicyclic) bond motifs is 4. The summed E-state index contributed by atoms with van der Waals surface area (Å²) in [5.74, 6) is -1.15. The molecule has 9 rings (SSSR count). The molecule has 0 bridgehead atoms. The van der Waals surface area contributed by atoms with Crippen molar-refractivity contribution < 1.29 is 30.6 Å². The molecular formula is C41H33B2N2O6. The van der Waals surface area contributed by atoms with Crippen molar-refractivity contribution in [3.8, 4) is 40.2 Å². The number of phenols is 6. The van der Waals surface area contributed by atoms with Crippen LogP contribution in [-0.4, -0.2) is 54.9 Å².